The minimum atomic E-state index is -0.867. The van der Waals surface area contributed by atoms with E-state index >= 15 is 0 Å². The lowest BCUT2D eigenvalue weighted by Crippen LogP contribution is -2.46. The smallest absolute Gasteiger partial charge is 0.411 e. The summed E-state index contributed by atoms with van der Waals surface area (Å²) in [5, 5.41) is 7.67. The van der Waals surface area contributed by atoms with E-state index < -0.39 is 18.2 Å². The summed E-state index contributed by atoms with van der Waals surface area (Å²) < 4.78 is 5.77. The minimum absolute atomic E-state index is 0.195. The van der Waals surface area contributed by atoms with Gasteiger partial charge in [0.05, 0.1) is 11.4 Å². The van der Waals surface area contributed by atoms with Gasteiger partial charge in [0, 0.05) is 30.5 Å². The number of hydrogen-bond acceptors (Lipinski definition) is 6. The van der Waals surface area contributed by atoms with Crippen LogP contribution in [0.2, 0.25) is 0 Å². The molecule has 1 aliphatic heterocycles. The molecular formula is C30H28N4O4S. The number of aromatic nitrogens is 1. The van der Waals surface area contributed by atoms with Crippen LogP contribution in [0.25, 0.3) is 0 Å². The summed E-state index contributed by atoms with van der Waals surface area (Å²) in [4.78, 5) is 45.4. The molecule has 3 amide bonds. The van der Waals surface area contributed by atoms with Gasteiger partial charge in [-0.05, 0) is 53.8 Å². The van der Waals surface area contributed by atoms with Gasteiger partial charge in [0.2, 0.25) is 5.91 Å². The molecule has 5 rings (SSSR count). The number of aryl methyl sites for hydroxylation is 1. The second-order valence-corrected chi connectivity index (χ2v) is 10.2. The van der Waals surface area contributed by atoms with Crippen LogP contribution in [0.4, 0.5) is 10.5 Å². The first-order valence-electron chi connectivity index (χ1n) is 12.6. The molecular weight excluding hydrogens is 512 g/mol. The fourth-order valence-electron chi connectivity index (χ4n) is 4.54. The molecule has 0 unspecified atom stereocenters. The Balaban J connectivity index is 1.34. The van der Waals surface area contributed by atoms with Gasteiger partial charge in [-0.15, -0.1) is 11.3 Å². The molecule has 1 saturated heterocycles. The van der Waals surface area contributed by atoms with Crippen LogP contribution in [0.3, 0.4) is 0 Å². The zero-order valence-electron chi connectivity index (χ0n) is 21.4. The van der Waals surface area contributed by atoms with Gasteiger partial charge in [-0.3, -0.25) is 19.5 Å². The van der Waals surface area contributed by atoms with Gasteiger partial charge in [-0.25, -0.2) is 4.79 Å². The third-order valence-electron chi connectivity index (χ3n) is 6.44. The average molecular weight is 541 g/mol. The number of carbonyl (C=O) groups excluding carboxylic acids is 3. The second-order valence-electron chi connectivity index (χ2n) is 9.28. The van der Waals surface area contributed by atoms with Crippen molar-refractivity contribution in [3.63, 3.8) is 0 Å². The first kappa shape index (κ1) is 26.1. The minimum Gasteiger partial charge on any atom is -0.438 e. The quantitative estimate of drug-likeness (QED) is 0.307. The molecule has 0 spiro atoms. The fraction of sp³-hybridized carbons (Fsp3) is 0.200. The monoisotopic (exact) mass is 540 g/mol. The summed E-state index contributed by atoms with van der Waals surface area (Å²) in [6.45, 7) is 2.60. The Morgan fingerprint density at radius 1 is 1.03 bits per heavy atom. The summed E-state index contributed by atoms with van der Waals surface area (Å²) in [6, 6.07) is 23.2. The van der Waals surface area contributed by atoms with Crippen molar-refractivity contribution in [2.45, 2.75) is 32.0 Å². The van der Waals surface area contributed by atoms with Crippen LogP contribution in [0.5, 0.6) is 0 Å². The molecule has 0 radical (unpaired) electrons. The maximum absolute atomic E-state index is 13.5. The van der Waals surface area contributed by atoms with E-state index in [0.717, 1.165) is 16.8 Å². The highest BCUT2D eigenvalue weighted by Crippen LogP contribution is 2.34. The molecule has 1 aliphatic rings. The van der Waals surface area contributed by atoms with Crippen LogP contribution in [0.1, 0.15) is 38.2 Å². The van der Waals surface area contributed by atoms with E-state index in [0.29, 0.717) is 29.1 Å². The van der Waals surface area contributed by atoms with E-state index in [-0.39, 0.29) is 18.4 Å². The summed E-state index contributed by atoms with van der Waals surface area (Å²) in [5.74, 6) is -0.496. The Hall–Kier alpha value is -4.50. The van der Waals surface area contributed by atoms with Crippen molar-refractivity contribution in [3.05, 3.63) is 118 Å². The Labute approximate surface area is 230 Å². The molecule has 2 aromatic carbocycles. The van der Waals surface area contributed by atoms with Gasteiger partial charge in [0.15, 0.2) is 12.1 Å². The van der Waals surface area contributed by atoms with Gasteiger partial charge < -0.3 is 15.4 Å². The number of nitrogens with zero attached hydrogens (tertiary/aromatic N) is 2. The number of nitrogens with one attached hydrogen (secondary N) is 2. The topological polar surface area (TPSA) is 101 Å². The number of amides is 3. The van der Waals surface area contributed by atoms with Crippen molar-refractivity contribution in [2.24, 2.45) is 0 Å². The van der Waals surface area contributed by atoms with Crippen LogP contribution < -0.4 is 10.6 Å². The maximum atomic E-state index is 13.5. The highest BCUT2D eigenvalue weighted by atomic mass is 32.1. The van der Waals surface area contributed by atoms with Crippen LogP contribution >= 0.6 is 11.3 Å². The Morgan fingerprint density at radius 3 is 2.59 bits per heavy atom. The molecule has 4 aromatic rings. The highest BCUT2D eigenvalue weighted by Gasteiger charge is 2.46. The van der Waals surface area contributed by atoms with Crippen molar-refractivity contribution in [1.29, 1.82) is 0 Å². The van der Waals surface area contributed by atoms with E-state index in [1.807, 2.05) is 60.8 Å². The molecule has 2 aromatic heterocycles. The van der Waals surface area contributed by atoms with Crippen molar-refractivity contribution >= 4 is 34.9 Å². The zero-order chi connectivity index (χ0) is 27.2. The number of cyclic esters (lactones) is 1. The molecule has 198 valence electrons. The number of benzene rings is 2. The lowest BCUT2D eigenvalue weighted by Gasteiger charge is -2.24. The van der Waals surface area contributed by atoms with Gasteiger partial charge in [0.25, 0.3) is 5.91 Å². The van der Waals surface area contributed by atoms with E-state index in [2.05, 4.69) is 15.6 Å². The third-order valence-corrected chi connectivity index (χ3v) is 7.31. The van der Waals surface area contributed by atoms with Gasteiger partial charge in [-0.2, -0.15) is 0 Å². The second kappa shape index (κ2) is 11.9. The number of thiophene rings is 1. The predicted molar refractivity (Wildman–Crippen MR) is 149 cm³/mol. The predicted octanol–water partition coefficient (Wildman–Crippen LogP) is 5.12. The molecule has 0 aliphatic carbocycles. The Bertz CT molecular complexity index is 1440. The highest BCUT2D eigenvalue weighted by molar-refractivity contribution is 7.12. The van der Waals surface area contributed by atoms with Crippen LogP contribution in [0.15, 0.2) is 90.4 Å². The SMILES string of the molecule is Cc1cccc(CN2C(=O)O[C@H](c3ccc(NC(=O)c4cccs4)cc3)[C@@H]2C(=O)NCCc2ccccn2)c1. The molecule has 2 atom stereocenters. The first-order valence-corrected chi connectivity index (χ1v) is 13.5. The van der Waals surface area contributed by atoms with Crippen LogP contribution in [-0.4, -0.2) is 40.4 Å². The number of anilines is 1. The van der Waals surface area contributed by atoms with Crippen molar-refractivity contribution in [2.75, 3.05) is 11.9 Å². The van der Waals surface area contributed by atoms with Crippen molar-refractivity contribution in [1.82, 2.24) is 15.2 Å². The maximum Gasteiger partial charge on any atom is 0.411 e. The summed E-state index contributed by atoms with van der Waals surface area (Å²) in [5.41, 5.74) is 4.10. The summed E-state index contributed by atoms with van der Waals surface area (Å²) in [7, 11) is 0. The van der Waals surface area contributed by atoms with Gasteiger partial charge >= 0.3 is 6.09 Å². The van der Waals surface area contributed by atoms with Crippen molar-refractivity contribution in [3.8, 4) is 0 Å². The van der Waals surface area contributed by atoms with Crippen LogP contribution in [-0.2, 0) is 22.5 Å². The molecule has 3 heterocycles. The fourth-order valence-corrected chi connectivity index (χ4v) is 5.16. The molecule has 0 saturated carbocycles. The number of rotatable bonds is 9. The number of hydrogen-bond donors (Lipinski definition) is 2. The summed E-state index contributed by atoms with van der Waals surface area (Å²) >= 11 is 1.36. The van der Waals surface area contributed by atoms with E-state index in [9.17, 15) is 14.4 Å². The van der Waals surface area contributed by atoms with E-state index in [1.54, 1.807) is 36.5 Å². The van der Waals surface area contributed by atoms with E-state index in [1.165, 1.54) is 16.2 Å². The lowest BCUT2D eigenvalue weighted by molar-refractivity contribution is -0.126. The molecule has 2 N–H and O–H groups in total. The van der Waals surface area contributed by atoms with Gasteiger partial charge in [0.1, 0.15) is 0 Å². The largest absolute Gasteiger partial charge is 0.438 e. The molecule has 0 bridgehead atoms. The normalized spacial score (nSPS) is 16.5. The molecule has 9 heteroatoms. The summed E-state index contributed by atoms with van der Waals surface area (Å²) in [6.07, 6.45) is 0.919. The third kappa shape index (κ3) is 6.32. The van der Waals surface area contributed by atoms with Gasteiger partial charge in [-0.1, -0.05) is 54.1 Å². The standard InChI is InChI=1S/C30H28N4O4S/c1-20-6-4-7-21(18-20)19-34-26(29(36)32-16-14-23-8-2-3-15-31-23)27(38-30(34)37)22-10-12-24(13-11-22)33-28(35)25-9-5-17-39-25/h2-13,15,17-18,26-27H,14,16,19H2,1H3,(H,32,36)(H,33,35)/t26-,27-/m1/s1. The zero-order valence-corrected chi connectivity index (χ0v) is 22.2. The number of carbonyl (C=O) groups is 3. The lowest BCUT2D eigenvalue weighted by atomic mass is 10.00. The number of pyridine rings is 1. The first-order chi connectivity index (χ1) is 19.0. The molecule has 39 heavy (non-hydrogen) atoms. The van der Waals surface area contributed by atoms with E-state index in [4.69, 9.17) is 4.74 Å². The molecule has 8 nitrogen and oxygen atoms in total. The van der Waals surface area contributed by atoms with Crippen LogP contribution in [0, 0.1) is 6.92 Å². The average Bonchev–Trinajstić information content (AvgIpc) is 3.59. The Kier molecular flexibility index (Phi) is 7.98. The van der Waals surface area contributed by atoms with Crippen molar-refractivity contribution < 1.29 is 19.1 Å². The molecule has 1 fully saturated rings. The Morgan fingerprint density at radius 2 is 1.87 bits per heavy atom. The number of ether oxygens (including phenoxy) is 1.